The second kappa shape index (κ2) is 10.6. The van der Waals surface area contributed by atoms with Crippen molar-refractivity contribution in [2.45, 2.75) is 59.0 Å². The van der Waals surface area contributed by atoms with Gasteiger partial charge in [-0.15, -0.1) is 11.3 Å². The van der Waals surface area contributed by atoms with E-state index in [1.165, 1.54) is 9.75 Å². The Morgan fingerprint density at radius 3 is 2.34 bits per heavy atom. The molecule has 1 aliphatic rings. The first-order chi connectivity index (χ1) is 14.1. The summed E-state index contributed by atoms with van der Waals surface area (Å²) < 4.78 is 0. The average Bonchev–Trinajstić information content (AvgIpc) is 3.39. The Hall–Kier alpha value is -2.14. The Balaban J connectivity index is 1.73. The van der Waals surface area contributed by atoms with Crippen LogP contribution in [0.25, 0.3) is 0 Å². The number of rotatable bonds is 9. The third-order valence-electron chi connectivity index (χ3n) is 5.55. The fraction of sp³-hybridized carbons (Fsp3) is 0.500. The lowest BCUT2D eigenvalue weighted by Crippen LogP contribution is -2.44. The number of nitrogens with zero attached hydrogens (tertiary/aromatic N) is 2. The Bertz CT molecular complexity index is 796. The fourth-order valence-corrected chi connectivity index (χ4v) is 4.93. The average molecular weight is 413 g/mol. The van der Waals surface area contributed by atoms with Crippen LogP contribution in [-0.2, 0) is 22.7 Å². The van der Waals surface area contributed by atoms with Crippen LogP contribution in [0.15, 0.2) is 42.5 Å². The predicted molar refractivity (Wildman–Crippen MR) is 119 cm³/mol. The maximum Gasteiger partial charge on any atom is 0.242 e. The molecule has 1 heterocycles. The predicted octanol–water partition coefficient (Wildman–Crippen LogP) is 5.01. The molecule has 5 heteroatoms. The quantitative estimate of drug-likeness (QED) is 0.581. The highest BCUT2D eigenvalue weighted by molar-refractivity contribution is 7.11. The van der Waals surface area contributed by atoms with Crippen LogP contribution in [0.2, 0.25) is 0 Å². The molecule has 3 rings (SSSR count). The summed E-state index contributed by atoms with van der Waals surface area (Å²) in [5, 5.41) is 0. The third kappa shape index (κ3) is 6.17. The largest absolute Gasteiger partial charge is 0.333 e. The van der Waals surface area contributed by atoms with Crippen molar-refractivity contribution in [2.24, 2.45) is 5.92 Å². The van der Waals surface area contributed by atoms with E-state index in [0.29, 0.717) is 19.6 Å². The molecular weight excluding hydrogens is 380 g/mol. The Morgan fingerprint density at radius 2 is 1.72 bits per heavy atom. The van der Waals surface area contributed by atoms with E-state index in [-0.39, 0.29) is 24.3 Å². The van der Waals surface area contributed by atoms with Gasteiger partial charge in [0.05, 0.1) is 13.1 Å². The van der Waals surface area contributed by atoms with E-state index in [2.05, 4.69) is 26.0 Å². The van der Waals surface area contributed by atoms with Crippen LogP contribution < -0.4 is 0 Å². The number of hydrogen-bond acceptors (Lipinski definition) is 3. The van der Waals surface area contributed by atoms with Crippen LogP contribution in [0.5, 0.6) is 0 Å². The van der Waals surface area contributed by atoms with E-state index < -0.39 is 0 Å². The third-order valence-corrected chi connectivity index (χ3v) is 6.53. The molecule has 1 saturated carbocycles. The molecule has 1 aliphatic carbocycles. The zero-order valence-electron chi connectivity index (χ0n) is 17.6. The van der Waals surface area contributed by atoms with Crippen molar-refractivity contribution in [1.29, 1.82) is 0 Å². The van der Waals surface area contributed by atoms with Gasteiger partial charge in [-0.25, -0.2) is 0 Å². The first-order valence-corrected chi connectivity index (χ1v) is 11.5. The van der Waals surface area contributed by atoms with Crippen LogP contribution in [0.3, 0.4) is 0 Å². The highest BCUT2D eigenvalue weighted by Crippen LogP contribution is 2.27. The van der Waals surface area contributed by atoms with Crippen molar-refractivity contribution in [3.05, 3.63) is 57.8 Å². The number of aryl methyl sites for hydroxylation is 1. The second-order valence-electron chi connectivity index (χ2n) is 7.99. The minimum Gasteiger partial charge on any atom is -0.333 e. The lowest BCUT2D eigenvalue weighted by molar-refractivity contribution is -0.143. The molecule has 1 aromatic carbocycles. The zero-order valence-corrected chi connectivity index (χ0v) is 18.4. The summed E-state index contributed by atoms with van der Waals surface area (Å²) in [6, 6.07) is 14.3. The van der Waals surface area contributed by atoms with E-state index in [4.69, 9.17) is 0 Å². The molecule has 0 aliphatic heterocycles. The molecule has 156 valence electrons. The summed E-state index contributed by atoms with van der Waals surface area (Å²) in [6.07, 6.45) is 5.06. The van der Waals surface area contributed by atoms with Gasteiger partial charge in [0.2, 0.25) is 11.8 Å². The van der Waals surface area contributed by atoms with Gasteiger partial charge in [0.1, 0.15) is 0 Å². The Kier molecular flexibility index (Phi) is 7.87. The normalized spacial score (nSPS) is 14.1. The van der Waals surface area contributed by atoms with Crippen molar-refractivity contribution in [3.8, 4) is 0 Å². The SMILES string of the molecule is CCCN(CC(=O)N(Cc1ccccc1)Cc1ccc(C)s1)C(=O)C1CCCC1. The van der Waals surface area contributed by atoms with E-state index >= 15 is 0 Å². The molecule has 0 atom stereocenters. The minimum absolute atomic E-state index is 0.0275. The molecule has 29 heavy (non-hydrogen) atoms. The van der Waals surface area contributed by atoms with Crippen molar-refractivity contribution >= 4 is 23.2 Å². The van der Waals surface area contributed by atoms with Gasteiger partial charge in [-0.05, 0) is 43.9 Å². The molecule has 0 unspecified atom stereocenters. The molecular formula is C24H32N2O2S. The first kappa shape index (κ1) is 21.6. The summed E-state index contributed by atoms with van der Waals surface area (Å²) in [5.41, 5.74) is 1.11. The lowest BCUT2D eigenvalue weighted by Gasteiger charge is -2.29. The number of hydrogen-bond donors (Lipinski definition) is 0. The van der Waals surface area contributed by atoms with Crippen LogP contribution in [0.1, 0.15) is 54.3 Å². The van der Waals surface area contributed by atoms with Gasteiger partial charge in [-0.1, -0.05) is 50.1 Å². The summed E-state index contributed by atoms with van der Waals surface area (Å²) >= 11 is 1.73. The molecule has 4 nitrogen and oxygen atoms in total. The van der Waals surface area contributed by atoms with E-state index in [0.717, 1.165) is 37.7 Å². The minimum atomic E-state index is 0.0275. The zero-order chi connectivity index (χ0) is 20.6. The molecule has 2 aromatic rings. The van der Waals surface area contributed by atoms with E-state index in [1.807, 2.05) is 35.2 Å². The van der Waals surface area contributed by atoms with Gasteiger partial charge in [-0.3, -0.25) is 9.59 Å². The second-order valence-corrected chi connectivity index (χ2v) is 9.36. The van der Waals surface area contributed by atoms with Crippen molar-refractivity contribution < 1.29 is 9.59 Å². The fourth-order valence-electron chi connectivity index (χ4n) is 4.03. The molecule has 0 radical (unpaired) electrons. The van der Waals surface area contributed by atoms with Crippen LogP contribution in [-0.4, -0.2) is 34.7 Å². The molecule has 0 bridgehead atoms. The highest BCUT2D eigenvalue weighted by atomic mass is 32.1. The van der Waals surface area contributed by atoms with Crippen LogP contribution in [0, 0.1) is 12.8 Å². The highest BCUT2D eigenvalue weighted by Gasteiger charge is 2.29. The lowest BCUT2D eigenvalue weighted by atomic mass is 10.1. The number of benzene rings is 1. The molecule has 1 fully saturated rings. The summed E-state index contributed by atoms with van der Waals surface area (Å²) in [5.74, 6) is 0.306. The monoisotopic (exact) mass is 412 g/mol. The molecule has 2 amide bonds. The van der Waals surface area contributed by atoms with Crippen molar-refractivity contribution in [3.63, 3.8) is 0 Å². The molecule has 0 spiro atoms. The van der Waals surface area contributed by atoms with Gasteiger partial charge in [-0.2, -0.15) is 0 Å². The van der Waals surface area contributed by atoms with E-state index in [9.17, 15) is 9.59 Å². The summed E-state index contributed by atoms with van der Waals surface area (Å²) in [4.78, 5) is 32.4. The van der Waals surface area contributed by atoms with Gasteiger partial charge < -0.3 is 9.80 Å². The number of carbonyl (C=O) groups excluding carboxylic acids is 2. The standard InChI is InChI=1S/C24H32N2O2S/c1-3-15-25(24(28)21-11-7-8-12-21)18-23(27)26(16-20-9-5-4-6-10-20)17-22-14-13-19(2)29-22/h4-6,9-10,13-14,21H,3,7-8,11-12,15-18H2,1-2H3. The molecule has 0 saturated heterocycles. The smallest absolute Gasteiger partial charge is 0.242 e. The first-order valence-electron chi connectivity index (χ1n) is 10.7. The van der Waals surface area contributed by atoms with Crippen LogP contribution >= 0.6 is 11.3 Å². The van der Waals surface area contributed by atoms with Gasteiger partial charge in [0.15, 0.2) is 0 Å². The topological polar surface area (TPSA) is 40.6 Å². The summed E-state index contributed by atoms with van der Waals surface area (Å²) in [7, 11) is 0. The van der Waals surface area contributed by atoms with Gasteiger partial charge in [0, 0.05) is 28.8 Å². The van der Waals surface area contributed by atoms with Gasteiger partial charge in [0.25, 0.3) is 0 Å². The van der Waals surface area contributed by atoms with Gasteiger partial charge >= 0.3 is 0 Å². The molecule has 1 aromatic heterocycles. The maximum absolute atomic E-state index is 13.3. The Labute approximate surface area is 178 Å². The summed E-state index contributed by atoms with van der Waals surface area (Å²) in [6.45, 7) is 6.13. The van der Waals surface area contributed by atoms with E-state index in [1.54, 1.807) is 16.2 Å². The van der Waals surface area contributed by atoms with Crippen molar-refractivity contribution in [1.82, 2.24) is 9.80 Å². The molecule has 0 N–H and O–H groups in total. The number of carbonyl (C=O) groups is 2. The van der Waals surface area contributed by atoms with Crippen LogP contribution in [0.4, 0.5) is 0 Å². The Morgan fingerprint density at radius 1 is 1.00 bits per heavy atom. The number of thiophene rings is 1. The number of amides is 2. The van der Waals surface area contributed by atoms with Crippen molar-refractivity contribution in [2.75, 3.05) is 13.1 Å². The maximum atomic E-state index is 13.3.